The normalized spacial score (nSPS) is 20.5. The van der Waals surface area contributed by atoms with Crippen LogP contribution in [0.5, 0.6) is 0 Å². The molecule has 0 saturated carbocycles. The van der Waals surface area contributed by atoms with Gasteiger partial charge in [0.15, 0.2) is 0 Å². The molecule has 2 unspecified atom stereocenters. The summed E-state index contributed by atoms with van der Waals surface area (Å²) < 4.78 is 5.50. The molecular formula is C21H28N2O3. The lowest BCUT2D eigenvalue weighted by Crippen LogP contribution is -2.39. The molecule has 1 aromatic carbocycles. The maximum atomic E-state index is 12.4. The Kier molecular flexibility index (Phi) is 6.64. The summed E-state index contributed by atoms with van der Waals surface area (Å²) in [6.07, 6.45) is 2.42. The van der Waals surface area contributed by atoms with Gasteiger partial charge in [-0.15, -0.1) is 5.73 Å². The fourth-order valence-corrected chi connectivity index (χ4v) is 3.20. The number of carbonyl (C=O) groups is 2. The highest BCUT2D eigenvalue weighted by Gasteiger charge is 2.31. The Labute approximate surface area is 155 Å². The summed E-state index contributed by atoms with van der Waals surface area (Å²) in [7, 11) is 0. The van der Waals surface area contributed by atoms with E-state index < -0.39 is 5.60 Å². The van der Waals surface area contributed by atoms with Gasteiger partial charge in [0.1, 0.15) is 5.60 Å². The van der Waals surface area contributed by atoms with Crippen LogP contribution in [0.1, 0.15) is 45.1 Å². The van der Waals surface area contributed by atoms with Crippen molar-refractivity contribution in [2.45, 2.75) is 51.2 Å². The number of amides is 2. The fourth-order valence-electron chi connectivity index (χ4n) is 3.20. The van der Waals surface area contributed by atoms with E-state index in [0.717, 1.165) is 12.0 Å². The molecule has 2 atom stereocenters. The van der Waals surface area contributed by atoms with E-state index in [9.17, 15) is 9.59 Å². The number of nitrogens with one attached hydrogen (secondary N) is 1. The molecule has 1 saturated heterocycles. The molecule has 1 aliphatic heterocycles. The predicted molar refractivity (Wildman–Crippen MR) is 102 cm³/mol. The Bertz CT molecular complexity index is 672. The van der Waals surface area contributed by atoms with Gasteiger partial charge < -0.3 is 15.0 Å². The van der Waals surface area contributed by atoms with Crippen LogP contribution in [0.2, 0.25) is 0 Å². The average Bonchev–Trinajstić information content (AvgIpc) is 2.77. The number of hydrogen-bond acceptors (Lipinski definition) is 3. The zero-order valence-corrected chi connectivity index (χ0v) is 15.8. The van der Waals surface area contributed by atoms with Gasteiger partial charge in [-0.2, -0.15) is 0 Å². The van der Waals surface area contributed by atoms with E-state index in [1.54, 1.807) is 4.90 Å². The molecule has 1 aromatic rings. The first kappa shape index (κ1) is 19.8. The van der Waals surface area contributed by atoms with Crippen molar-refractivity contribution in [2.24, 2.45) is 0 Å². The zero-order valence-electron chi connectivity index (χ0n) is 15.8. The number of rotatable bonds is 3. The molecule has 1 N–H and O–H groups in total. The minimum Gasteiger partial charge on any atom is -0.444 e. The quantitative estimate of drug-likeness (QED) is 0.665. The van der Waals surface area contributed by atoms with Crippen LogP contribution >= 0.6 is 0 Å². The summed E-state index contributed by atoms with van der Waals surface area (Å²) >= 11 is 0. The van der Waals surface area contributed by atoms with Crippen molar-refractivity contribution in [1.82, 2.24) is 10.2 Å². The topological polar surface area (TPSA) is 58.6 Å². The van der Waals surface area contributed by atoms with Crippen LogP contribution in [0, 0.1) is 0 Å². The van der Waals surface area contributed by atoms with Gasteiger partial charge in [0.2, 0.25) is 0 Å². The van der Waals surface area contributed by atoms with Gasteiger partial charge in [-0.3, -0.25) is 4.79 Å². The minimum atomic E-state index is -0.523. The van der Waals surface area contributed by atoms with Crippen molar-refractivity contribution in [2.75, 3.05) is 13.1 Å². The van der Waals surface area contributed by atoms with Crippen LogP contribution in [0.4, 0.5) is 4.79 Å². The second kappa shape index (κ2) is 8.72. The van der Waals surface area contributed by atoms with Crippen LogP contribution in [0.15, 0.2) is 48.7 Å². The summed E-state index contributed by atoms with van der Waals surface area (Å²) in [5.41, 5.74) is 3.14. The van der Waals surface area contributed by atoms with Gasteiger partial charge in [0.05, 0.1) is 0 Å². The lowest BCUT2D eigenvalue weighted by atomic mass is 9.87. The maximum Gasteiger partial charge on any atom is 0.410 e. The van der Waals surface area contributed by atoms with Crippen LogP contribution in [-0.2, 0) is 9.53 Å². The molecule has 5 nitrogen and oxygen atoms in total. The second-order valence-corrected chi connectivity index (χ2v) is 7.53. The number of likely N-dealkylation sites (tertiary alicyclic amines) is 1. The molecular weight excluding hydrogens is 328 g/mol. The summed E-state index contributed by atoms with van der Waals surface area (Å²) in [6.45, 7) is 10.2. The third-order valence-electron chi connectivity index (χ3n) is 4.35. The molecule has 0 bridgehead atoms. The van der Waals surface area contributed by atoms with Crippen molar-refractivity contribution in [3.05, 3.63) is 54.3 Å². The molecule has 0 spiro atoms. The molecule has 2 rings (SSSR count). The fraction of sp³-hybridized carbons (Fsp3) is 0.476. The first-order chi connectivity index (χ1) is 12.3. The van der Waals surface area contributed by atoms with E-state index in [2.05, 4.69) is 29.8 Å². The van der Waals surface area contributed by atoms with E-state index in [-0.39, 0.29) is 24.0 Å². The van der Waals surface area contributed by atoms with Crippen molar-refractivity contribution < 1.29 is 14.3 Å². The van der Waals surface area contributed by atoms with Crippen LogP contribution in [0.25, 0.3) is 0 Å². The van der Waals surface area contributed by atoms with Crippen molar-refractivity contribution in [3.8, 4) is 0 Å². The molecule has 1 heterocycles. The average molecular weight is 356 g/mol. The lowest BCUT2D eigenvalue weighted by Gasteiger charge is -2.26. The first-order valence-corrected chi connectivity index (χ1v) is 8.99. The van der Waals surface area contributed by atoms with E-state index >= 15 is 0 Å². The van der Waals surface area contributed by atoms with Crippen molar-refractivity contribution in [3.63, 3.8) is 0 Å². The van der Waals surface area contributed by atoms with Gasteiger partial charge in [-0.25, -0.2) is 4.79 Å². The molecule has 0 aromatic heterocycles. The number of carbonyl (C=O) groups excluding carboxylic acids is 2. The second-order valence-electron chi connectivity index (χ2n) is 7.53. The Morgan fingerprint density at radius 2 is 1.88 bits per heavy atom. The van der Waals surface area contributed by atoms with Crippen LogP contribution < -0.4 is 5.32 Å². The molecule has 26 heavy (non-hydrogen) atoms. The van der Waals surface area contributed by atoms with E-state index in [4.69, 9.17) is 4.74 Å². The Balaban J connectivity index is 2.17. The molecule has 0 radical (unpaired) electrons. The van der Waals surface area contributed by atoms with E-state index in [1.165, 1.54) is 6.08 Å². The highest BCUT2D eigenvalue weighted by Crippen LogP contribution is 2.29. The largest absolute Gasteiger partial charge is 0.444 e. The van der Waals surface area contributed by atoms with Gasteiger partial charge in [0, 0.05) is 31.1 Å². The summed E-state index contributed by atoms with van der Waals surface area (Å²) in [6, 6.07) is 10.0. The zero-order chi connectivity index (χ0) is 19.2. The highest BCUT2D eigenvalue weighted by molar-refractivity contribution is 5.87. The predicted octanol–water partition coefficient (Wildman–Crippen LogP) is 3.63. The molecule has 0 aliphatic carbocycles. The number of hydrogen-bond donors (Lipinski definition) is 1. The molecule has 1 aliphatic rings. The van der Waals surface area contributed by atoms with E-state index in [0.29, 0.717) is 19.5 Å². The van der Waals surface area contributed by atoms with Gasteiger partial charge in [-0.05, 0) is 39.2 Å². The summed E-state index contributed by atoms with van der Waals surface area (Å²) in [5.74, 6) is -0.0811. The standard InChI is InChI=1S/C21H28N2O3/c1-5-9-19(24)22-18-13-15-23(20(25)26-21(2,3)4)14-12-17(18)16-10-7-6-8-11-16/h6-11,17-18H,1,12-15H2,2-4H3,(H,22,24). The van der Waals surface area contributed by atoms with Crippen molar-refractivity contribution in [1.29, 1.82) is 0 Å². The first-order valence-electron chi connectivity index (χ1n) is 8.99. The molecule has 140 valence electrons. The van der Waals surface area contributed by atoms with Crippen LogP contribution in [-0.4, -0.2) is 41.6 Å². The molecule has 5 heteroatoms. The SMILES string of the molecule is C=C=CC(=O)NC1CCN(C(=O)OC(C)(C)C)CCC1c1ccccc1. The van der Waals surface area contributed by atoms with Gasteiger partial charge in [0.25, 0.3) is 5.91 Å². The summed E-state index contributed by atoms with van der Waals surface area (Å²) in [5, 5.41) is 3.04. The van der Waals surface area contributed by atoms with Gasteiger partial charge >= 0.3 is 6.09 Å². The van der Waals surface area contributed by atoms with E-state index in [1.807, 2.05) is 39.0 Å². The third-order valence-corrected chi connectivity index (χ3v) is 4.35. The van der Waals surface area contributed by atoms with Crippen LogP contribution in [0.3, 0.4) is 0 Å². The smallest absolute Gasteiger partial charge is 0.410 e. The third kappa shape index (κ3) is 5.78. The lowest BCUT2D eigenvalue weighted by molar-refractivity contribution is -0.117. The number of ether oxygens (including phenoxy) is 1. The number of benzene rings is 1. The Hall–Kier alpha value is -2.52. The Morgan fingerprint density at radius 1 is 1.23 bits per heavy atom. The molecule has 2 amide bonds. The Morgan fingerprint density at radius 3 is 2.50 bits per heavy atom. The maximum absolute atomic E-state index is 12.4. The monoisotopic (exact) mass is 356 g/mol. The highest BCUT2D eigenvalue weighted by atomic mass is 16.6. The number of nitrogens with zero attached hydrogens (tertiary/aromatic N) is 1. The van der Waals surface area contributed by atoms with Gasteiger partial charge in [-0.1, -0.05) is 36.9 Å². The summed E-state index contributed by atoms with van der Waals surface area (Å²) in [4.78, 5) is 26.2. The molecule has 1 fully saturated rings. The van der Waals surface area contributed by atoms with Crippen molar-refractivity contribution >= 4 is 12.0 Å². The minimum absolute atomic E-state index is 0.0677.